The molecule has 0 aliphatic heterocycles. The molecule has 1 amide bonds. The van der Waals surface area contributed by atoms with Crippen LogP contribution in [0.15, 0.2) is 24.3 Å². The summed E-state index contributed by atoms with van der Waals surface area (Å²) in [5.41, 5.74) is 1.16. The first-order valence-electron chi connectivity index (χ1n) is 6.77. The number of unbranched alkanes of at least 4 members (excludes halogenated alkanes) is 1. The van der Waals surface area contributed by atoms with Gasteiger partial charge in [-0.05, 0) is 38.1 Å². The number of nitrogens with zero attached hydrogens (tertiary/aromatic N) is 1. The van der Waals surface area contributed by atoms with E-state index < -0.39 is 0 Å². The van der Waals surface area contributed by atoms with Crippen LogP contribution in [0.4, 0.5) is 0 Å². The molecule has 0 heterocycles. The molecule has 3 nitrogen and oxygen atoms in total. The molecule has 1 rings (SSSR count). The fraction of sp³-hybridized carbons (Fsp3) is 0.533. The monoisotopic (exact) mass is 282 g/mol. The molecule has 1 aromatic rings. The molecule has 0 saturated carbocycles. The van der Waals surface area contributed by atoms with Crippen LogP contribution >= 0.6 is 11.6 Å². The first kappa shape index (κ1) is 16.0. The van der Waals surface area contributed by atoms with Crippen LogP contribution in [0.1, 0.15) is 38.3 Å². The summed E-state index contributed by atoms with van der Waals surface area (Å²) in [4.78, 5) is 13.8. The van der Waals surface area contributed by atoms with Gasteiger partial charge in [-0.1, -0.05) is 37.1 Å². The van der Waals surface area contributed by atoms with Gasteiger partial charge >= 0.3 is 0 Å². The summed E-state index contributed by atoms with van der Waals surface area (Å²) in [5, 5.41) is 3.66. The molecule has 1 atom stereocenters. The fourth-order valence-electron chi connectivity index (χ4n) is 1.82. The lowest BCUT2D eigenvalue weighted by atomic mass is 10.1. The Morgan fingerprint density at radius 3 is 2.58 bits per heavy atom. The molecule has 0 aromatic heterocycles. The van der Waals surface area contributed by atoms with E-state index >= 15 is 0 Å². The van der Waals surface area contributed by atoms with Crippen molar-refractivity contribution in [2.45, 2.75) is 32.7 Å². The molecule has 0 radical (unpaired) electrons. The largest absolute Gasteiger partial charge is 0.355 e. The Labute approximate surface area is 120 Å². The Bertz CT molecular complexity index is 392. The maximum atomic E-state index is 11.7. The summed E-state index contributed by atoms with van der Waals surface area (Å²) in [6.45, 7) is 5.37. The van der Waals surface area contributed by atoms with Gasteiger partial charge in [0.1, 0.15) is 0 Å². The molecule has 1 unspecified atom stereocenters. The van der Waals surface area contributed by atoms with Crippen LogP contribution in [0.2, 0.25) is 5.02 Å². The maximum absolute atomic E-state index is 11.7. The Morgan fingerprint density at radius 1 is 1.37 bits per heavy atom. The topological polar surface area (TPSA) is 32.3 Å². The Kier molecular flexibility index (Phi) is 6.89. The molecule has 19 heavy (non-hydrogen) atoms. The van der Waals surface area contributed by atoms with E-state index in [9.17, 15) is 4.79 Å². The summed E-state index contributed by atoms with van der Waals surface area (Å²) >= 11 is 5.87. The van der Waals surface area contributed by atoms with E-state index in [-0.39, 0.29) is 11.9 Å². The quantitative estimate of drug-likeness (QED) is 0.779. The molecule has 1 N–H and O–H groups in total. The summed E-state index contributed by atoms with van der Waals surface area (Å²) in [6.07, 6.45) is 2.12. The minimum atomic E-state index is 0.0803. The van der Waals surface area contributed by atoms with Gasteiger partial charge in [0, 0.05) is 17.6 Å². The minimum Gasteiger partial charge on any atom is -0.355 e. The predicted molar refractivity (Wildman–Crippen MR) is 80.4 cm³/mol. The van der Waals surface area contributed by atoms with Crippen molar-refractivity contribution in [1.82, 2.24) is 10.2 Å². The lowest BCUT2D eigenvalue weighted by Crippen LogP contribution is -2.36. The SMILES string of the molecule is CCCCNC(=O)CN(C)C(C)c1ccc(Cl)cc1. The standard InChI is InChI=1S/C15H23ClN2O/c1-4-5-10-17-15(19)11-18(3)12(2)13-6-8-14(16)9-7-13/h6-9,12H,4-5,10-11H2,1-3H3,(H,17,19). The van der Waals surface area contributed by atoms with Crippen LogP contribution in [-0.4, -0.2) is 30.9 Å². The third kappa shape index (κ3) is 5.62. The zero-order valence-corrected chi connectivity index (χ0v) is 12.7. The number of carbonyl (C=O) groups is 1. The molecular formula is C15H23ClN2O. The van der Waals surface area contributed by atoms with Crippen LogP contribution in [0.5, 0.6) is 0 Å². The van der Waals surface area contributed by atoms with E-state index in [0.29, 0.717) is 6.54 Å². The van der Waals surface area contributed by atoms with Crippen LogP contribution in [-0.2, 0) is 4.79 Å². The normalized spacial score (nSPS) is 12.5. The van der Waals surface area contributed by atoms with Crippen LogP contribution in [0, 0.1) is 0 Å². The molecule has 4 heteroatoms. The Morgan fingerprint density at radius 2 is 2.00 bits per heavy atom. The van der Waals surface area contributed by atoms with Crippen molar-refractivity contribution in [1.29, 1.82) is 0 Å². The maximum Gasteiger partial charge on any atom is 0.234 e. The van der Waals surface area contributed by atoms with Crippen LogP contribution in [0.3, 0.4) is 0 Å². The van der Waals surface area contributed by atoms with Gasteiger partial charge in [-0.15, -0.1) is 0 Å². The number of nitrogens with one attached hydrogen (secondary N) is 1. The second-order valence-electron chi connectivity index (χ2n) is 4.85. The minimum absolute atomic E-state index is 0.0803. The van der Waals surface area contributed by atoms with Gasteiger partial charge < -0.3 is 5.32 Å². The van der Waals surface area contributed by atoms with E-state index in [1.165, 1.54) is 0 Å². The van der Waals surface area contributed by atoms with Crippen molar-refractivity contribution in [2.24, 2.45) is 0 Å². The molecule has 106 valence electrons. The third-order valence-corrected chi connectivity index (χ3v) is 3.51. The number of hydrogen-bond acceptors (Lipinski definition) is 2. The van der Waals surface area contributed by atoms with E-state index in [4.69, 9.17) is 11.6 Å². The van der Waals surface area contributed by atoms with Gasteiger partial charge in [0.25, 0.3) is 0 Å². The number of benzene rings is 1. The van der Waals surface area contributed by atoms with Gasteiger partial charge in [-0.3, -0.25) is 9.69 Å². The lowest BCUT2D eigenvalue weighted by molar-refractivity contribution is -0.122. The number of hydrogen-bond donors (Lipinski definition) is 1. The number of amides is 1. The van der Waals surface area contributed by atoms with E-state index in [1.54, 1.807) is 0 Å². The van der Waals surface area contributed by atoms with Crippen LogP contribution < -0.4 is 5.32 Å². The number of carbonyl (C=O) groups excluding carboxylic acids is 1. The zero-order chi connectivity index (χ0) is 14.3. The lowest BCUT2D eigenvalue weighted by Gasteiger charge is -2.24. The van der Waals surface area contributed by atoms with Crippen molar-refractivity contribution in [3.63, 3.8) is 0 Å². The van der Waals surface area contributed by atoms with Crippen molar-refractivity contribution in [3.05, 3.63) is 34.9 Å². The van der Waals surface area contributed by atoms with Crippen molar-refractivity contribution in [2.75, 3.05) is 20.1 Å². The van der Waals surface area contributed by atoms with E-state index in [2.05, 4.69) is 19.2 Å². The molecular weight excluding hydrogens is 260 g/mol. The summed E-state index contributed by atoms with van der Waals surface area (Å²) in [6, 6.07) is 7.94. The average Bonchev–Trinajstić information content (AvgIpc) is 2.39. The number of halogens is 1. The number of likely N-dealkylation sites (N-methyl/N-ethyl adjacent to an activating group) is 1. The van der Waals surface area contributed by atoms with Gasteiger partial charge in [-0.2, -0.15) is 0 Å². The molecule has 0 saturated heterocycles. The smallest absolute Gasteiger partial charge is 0.234 e. The van der Waals surface area contributed by atoms with Gasteiger partial charge in [-0.25, -0.2) is 0 Å². The summed E-state index contributed by atoms with van der Waals surface area (Å²) in [7, 11) is 1.96. The van der Waals surface area contributed by atoms with Crippen molar-refractivity contribution < 1.29 is 4.79 Å². The van der Waals surface area contributed by atoms with E-state index in [0.717, 1.165) is 30.0 Å². The molecule has 0 aliphatic rings. The average molecular weight is 283 g/mol. The second-order valence-corrected chi connectivity index (χ2v) is 5.28. The highest BCUT2D eigenvalue weighted by Gasteiger charge is 2.14. The van der Waals surface area contributed by atoms with Gasteiger partial charge in [0.05, 0.1) is 6.54 Å². The van der Waals surface area contributed by atoms with Crippen LogP contribution in [0.25, 0.3) is 0 Å². The molecule has 0 fully saturated rings. The second kappa shape index (κ2) is 8.18. The highest BCUT2D eigenvalue weighted by atomic mass is 35.5. The highest BCUT2D eigenvalue weighted by molar-refractivity contribution is 6.30. The Hall–Kier alpha value is -1.06. The molecule has 1 aromatic carbocycles. The van der Waals surface area contributed by atoms with Crippen molar-refractivity contribution in [3.8, 4) is 0 Å². The molecule has 0 spiro atoms. The first-order chi connectivity index (χ1) is 9.04. The zero-order valence-electron chi connectivity index (χ0n) is 11.9. The summed E-state index contributed by atoms with van der Waals surface area (Å²) < 4.78 is 0. The molecule has 0 aliphatic carbocycles. The van der Waals surface area contributed by atoms with E-state index in [1.807, 2.05) is 36.2 Å². The molecule has 0 bridgehead atoms. The third-order valence-electron chi connectivity index (χ3n) is 3.26. The Balaban J connectivity index is 2.46. The predicted octanol–water partition coefficient (Wildman–Crippen LogP) is 3.25. The van der Waals surface area contributed by atoms with Gasteiger partial charge in [0.2, 0.25) is 5.91 Å². The summed E-state index contributed by atoms with van der Waals surface area (Å²) in [5.74, 6) is 0.0803. The van der Waals surface area contributed by atoms with Gasteiger partial charge in [0.15, 0.2) is 0 Å². The fourth-order valence-corrected chi connectivity index (χ4v) is 1.95. The highest BCUT2D eigenvalue weighted by Crippen LogP contribution is 2.20. The van der Waals surface area contributed by atoms with Crippen molar-refractivity contribution >= 4 is 17.5 Å². The first-order valence-corrected chi connectivity index (χ1v) is 7.14. The number of rotatable bonds is 7.